The summed E-state index contributed by atoms with van der Waals surface area (Å²) >= 11 is 0. The molecule has 0 saturated carbocycles. The molecule has 0 spiro atoms. The summed E-state index contributed by atoms with van der Waals surface area (Å²) in [5.41, 5.74) is 5.37. The van der Waals surface area contributed by atoms with E-state index in [4.69, 9.17) is 10.5 Å². The molecule has 98 valence electrons. The van der Waals surface area contributed by atoms with E-state index in [1.54, 1.807) is 13.0 Å². The highest BCUT2D eigenvalue weighted by atomic mass is 16.5. The molecular formula is C11H20N2O4. The van der Waals surface area contributed by atoms with Gasteiger partial charge in [0.2, 0.25) is 5.91 Å². The molecule has 17 heavy (non-hydrogen) atoms. The molecule has 0 aromatic rings. The summed E-state index contributed by atoms with van der Waals surface area (Å²) < 4.78 is 9.79. The molecule has 1 unspecified atom stereocenters. The Morgan fingerprint density at radius 1 is 1.47 bits per heavy atom. The second-order valence-corrected chi connectivity index (χ2v) is 3.21. The van der Waals surface area contributed by atoms with Crippen LogP contribution in [0.2, 0.25) is 0 Å². The highest BCUT2D eigenvalue weighted by Gasteiger charge is 2.22. The van der Waals surface area contributed by atoms with E-state index in [0.29, 0.717) is 19.8 Å². The quantitative estimate of drug-likeness (QED) is 0.249. The Labute approximate surface area is 101 Å². The molecule has 0 aliphatic heterocycles. The number of rotatable bonds is 9. The lowest BCUT2D eigenvalue weighted by atomic mass is 10.3. The minimum absolute atomic E-state index is 0.199. The number of esters is 1. The van der Waals surface area contributed by atoms with Crippen LogP contribution >= 0.6 is 0 Å². The lowest BCUT2D eigenvalue weighted by Gasteiger charge is -2.11. The Kier molecular flexibility index (Phi) is 8.99. The average molecular weight is 244 g/mol. The van der Waals surface area contributed by atoms with Crippen molar-refractivity contribution in [2.75, 3.05) is 26.4 Å². The Balaban J connectivity index is 3.63. The zero-order valence-corrected chi connectivity index (χ0v) is 10.1. The molecule has 0 fully saturated rings. The number of hydrogen-bond donors (Lipinski definition) is 2. The fourth-order valence-electron chi connectivity index (χ4n) is 0.964. The molecule has 0 saturated heterocycles. The van der Waals surface area contributed by atoms with Crippen LogP contribution in [0.3, 0.4) is 0 Å². The van der Waals surface area contributed by atoms with Crippen molar-refractivity contribution in [2.24, 2.45) is 5.73 Å². The van der Waals surface area contributed by atoms with Crippen molar-refractivity contribution in [3.8, 4) is 0 Å². The molecule has 0 bridgehead atoms. The lowest BCUT2D eigenvalue weighted by molar-refractivity contribution is -0.148. The lowest BCUT2D eigenvalue weighted by Crippen LogP contribution is -2.47. The third kappa shape index (κ3) is 7.48. The number of amides is 1. The molecule has 3 N–H and O–H groups in total. The second-order valence-electron chi connectivity index (χ2n) is 3.21. The first kappa shape index (κ1) is 15.6. The van der Waals surface area contributed by atoms with Crippen LogP contribution in [0.25, 0.3) is 0 Å². The molecule has 1 amide bonds. The molecule has 0 heterocycles. The van der Waals surface area contributed by atoms with E-state index >= 15 is 0 Å². The van der Waals surface area contributed by atoms with Gasteiger partial charge >= 0.3 is 5.97 Å². The Morgan fingerprint density at radius 2 is 2.18 bits per heavy atom. The van der Waals surface area contributed by atoms with Crippen LogP contribution in [0.5, 0.6) is 0 Å². The van der Waals surface area contributed by atoms with Crippen molar-refractivity contribution in [1.29, 1.82) is 0 Å². The van der Waals surface area contributed by atoms with E-state index in [9.17, 15) is 9.59 Å². The summed E-state index contributed by atoms with van der Waals surface area (Å²) in [6.45, 7) is 6.63. The zero-order valence-electron chi connectivity index (χ0n) is 10.1. The first-order valence-corrected chi connectivity index (χ1v) is 5.52. The van der Waals surface area contributed by atoms with Crippen LogP contribution in [0.1, 0.15) is 13.3 Å². The van der Waals surface area contributed by atoms with Gasteiger partial charge in [-0.25, -0.2) is 4.79 Å². The summed E-state index contributed by atoms with van der Waals surface area (Å²) in [4.78, 5) is 22.4. The van der Waals surface area contributed by atoms with Crippen LogP contribution in [0.15, 0.2) is 12.7 Å². The van der Waals surface area contributed by atoms with Crippen LogP contribution in [0, 0.1) is 0 Å². The SMILES string of the molecule is C=CCCOCCNC(=O)C(N)C(=O)OCC. The molecule has 6 heteroatoms. The number of hydrogen-bond acceptors (Lipinski definition) is 5. The Bertz CT molecular complexity index is 256. The zero-order chi connectivity index (χ0) is 13.1. The van der Waals surface area contributed by atoms with Gasteiger partial charge in [0.1, 0.15) is 0 Å². The number of nitrogens with two attached hydrogens (primary N) is 1. The Morgan fingerprint density at radius 3 is 2.76 bits per heavy atom. The molecular weight excluding hydrogens is 224 g/mol. The van der Waals surface area contributed by atoms with Gasteiger partial charge in [-0.05, 0) is 13.3 Å². The van der Waals surface area contributed by atoms with Crippen molar-refractivity contribution < 1.29 is 19.1 Å². The summed E-state index contributed by atoms with van der Waals surface area (Å²) in [5, 5.41) is 2.48. The molecule has 0 radical (unpaired) electrons. The number of carbonyl (C=O) groups is 2. The highest BCUT2D eigenvalue weighted by molar-refractivity contribution is 6.01. The van der Waals surface area contributed by atoms with Crippen LogP contribution in [-0.4, -0.2) is 44.3 Å². The predicted octanol–water partition coefficient (Wildman–Crippen LogP) is -0.414. The van der Waals surface area contributed by atoms with Gasteiger partial charge in [-0.2, -0.15) is 0 Å². The number of carbonyl (C=O) groups excluding carboxylic acids is 2. The smallest absolute Gasteiger partial charge is 0.332 e. The van der Waals surface area contributed by atoms with Crippen LogP contribution in [-0.2, 0) is 19.1 Å². The largest absolute Gasteiger partial charge is 0.464 e. The van der Waals surface area contributed by atoms with Gasteiger partial charge in [0.25, 0.3) is 0 Å². The maximum atomic E-state index is 11.3. The summed E-state index contributed by atoms with van der Waals surface area (Å²) in [6, 6.07) is -1.27. The van der Waals surface area contributed by atoms with Gasteiger partial charge in [0.05, 0.1) is 19.8 Å². The number of ether oxygens (including phenoxy) is 2. The monoisotopic (exact) mass is 244 g/mol. The molecule has 0 rings (SSSR count). The third-order valence-electron chi connectivity index (χ3n) is 1.83. The van der Waals surface area contributed by atoms with Gasteiger partial charge in [-0.1, -0.05) is 6.08 Å². The first-order valence-electron chi connectivity index (χ1n) is 5.52. The fraction of sp³-hybridized carbons (Fsp3) is 0.636. The van der Waals surface area contributed by atoms with Crippen LogP contribution in [0.4, 0.5) is 0 Å². The molecule has 0 aliphatic rings. The average Bonchev–Trinajstić information content (AvgIpc) is 2.32. The van der Waals surface area contributed by atoms with E-state index in [2.05, 4.69) is 16.6 Å². The summed E-state index contributed by atoms with van der Waals surface area (Å²) in [6.07, 6.45) is 2.51. The van der Waals surface area contributed by atoms with Gasteiger partial charge in [-0.3, -0.25) is 4.79 Å². The minimum atomic E-state index is -1.27. The van der Waals surface area contributed by atoms with Crippen molar-refractivity contribution in [1.82, 2.24) is 5.32 Å². The van der Waals surface area contributed by atoms with E-state index in [1.807, 2.05) is 0 Å². The van der Waals surface area contributed by atoms with Gasteiger partial charge in [0.15, 0.2) is 6.04 Å². The molecule has 1 atom stereocenters. The number of nitrogens with one attached hydrogen (secondary N) is 1. The Hall–Kier alpha value is -1.40. The predicted molar refractivity (Wildman–Crippen MR) is 63.3 cm³/mol. The topological polar surface area (TPSA) is 90.6 Å². The van der Waals surface area contributed by atoms with E-state index in [-0.39, 0.29) is 6.61 Å². The van der Waals surface area contributed by atoms with Crippen molar-refractivity contribution in [2.45, 2.75) is 19.4 Å². The van der Waals surface area contributed by atoms with E-state index < -0.39 is 17.9 Å². The van der Waals surface area contributed by atoms with Crippen LogP contribution < -0.4 is 11.1 Å². The van der Waals surface area contributed by atoms with Gasteiger partial charge < -0.3 is 20.5 Å². The van der Waals surface area contributed by atoms with E-state index in [1.165, 1.54) is 0 Å². The maximum Gasteiger partial charge on any atom is 0.332 e. The van der Waals surface area contributed by atoms with E-state index in [0.717, 1.165) is 6.42 Å². The normalized spacial score (nSPS) is 11.6. The molecule has 0 aromatic carbocycles. The second kappa shape index (κ2) is 9.80. The highest BCUT2D eigenvalue weighted by Crippen LogP contribution is 1.86. The van der Waals surface area contributed by atoms with Crippen molar-refractivity contribution in [3.63, 3.8) is 0 Å². The molecule has 0 aliphatic carbocycles. The molecule has 0 aromatic heterocycles. The fourth-order valence-corrected chi connectivity index (χ4v) is 0.964. The summed E-state index contributed by atoms with van der Waals surface area (Å²) in [5.74, 6) is -1.28. The van der Waals surface area contributed by atoms with Crippen molar-refractivity contribution in [3.05, 3.63) is 12.7 Å². The third-order valence-corrected chi connectivity index (χ3v) is 1.83. The van der Waals surface area contributed by atoms with Gasteiger partial charge in [0, 0.05) is 6.54 Å². The van der Waals surface area contributed by atoms with Gasteiger partial charge in [-0.15, -0.1) is 6.58 Å². The van der Waals surface area contributed by atoms with Crippen molar-refractivity contribution >= 4 is 11.9 Å². The maximum absolute atomic E-state index is 11.3. The first-order chi connectivity index (χ1) is 8.13. The minimum Gasteiger partial charge on any atom is -0.464 e. The summed E-state index contributed by atoms with van der Waals surface area (Å²) in [7, 11) is 0. The standard InChI is InChI=1S/C11H20N2O4/c1-3-5-7-16-8-6-13-10(14)9(12)11(15)17-4-2/h3,9H,1,4-8,12H2,2H3,(H,13,14). The molecule has 6 nitrogen and oxygen atoms in total.